The molecule has 1 N–H and O–H groups in total. The summed E-state index contributed by atoms with van der Waals surface area (Å²) in [6, 6.07) is 9.74. The fraction of sp³-hybridized carbons (Fsp3) is 0.0769. The van der Waals surface area contributed by atoms with Crippen molar-refractivity contribution in [2.75, 3.05) is 0 Å². The number of benzene rings is 1. The molecule has 1 aromatic carbocycles. The molecule has 0 unspecified atom stereocenters. The zero-order valence-electron chi connectivity index (χ0n) is 8.63. The van der Waals surface area contributed by atoms with E-state index in [-0.39, 0.29) is 6.42 Å². The fourth-order valence-electron chi connectivity index (χ4n) is 1.48. The third-order valence-corrected chi connectivity index (χ3v) is 2.23. The van der Waals surface area contributed by atoms with Crippen LogP contribution in [0.2, 0.25) is 0 Å². The van der Waals surface area contributed by atoms with Gasteiger partial charge < -0.3 is 5.11 Å². The Morgan fingerprint density at radius 2 is 2.25 bits per heavy atom. The van der Waals surface area contributed by atoms with Crippen molar-refractivity contribution in [1.82, 2.24) is 4.98 Å². The van der Waals surface area contributed by atoms with E-state index in [1.165, 1.54) is 0 Å². The number of hydrogen-bond donors (Lipinski definition) is 1. The van der Waals surface area contributed by atoms with Crippen LogP contribution < -0.4 is 0 Å². The zero-order valence-corrected chi connectivity index (χ0v) is 8.63. The van der Waals surface area contributed by atoms with Crippen molar-refractivity contribution in [3.63, 3.8) is 0 Å². The van der Waals surface area contributed by atoms with Gasteiger partial charge in [-0.05, 0) is 17.7 Å². The lowest BCUT2D eigenvalue weighted by molar-refractivity contribution is -0.135. The van der Waals surface area contributed by atoms with Crippen LogP contribution in [0.5, 0.6) is 0 Å². The zero-order chi connectivity index (χ0) is 11.4. The van der Waals surface area contributed by atoms with Crippen molar-refractivity contribution in [2.45, 2.75) is 6.42 Å². The minimum absolute atomic E-state index is 0.0419. The number of carboxylic acid groups (broad SMARTS) is 1. The van der Waals surface area contributed by atoms with Crippen LogP contribution in [-0.2, 0) is 4.79 Å². The Labute approximate surface area is 93.1 Å². The summed E-state index contributed by atoms with van der Waals surface area (Å²) < 4.78 is 0. The number of nitrogens with zero attached hydrogens (tertiary/aromatic N) is 1. The lowest BCUT2D eigenvalue weighted by Crippen LogP contribution is -1.89. The number of hydrogen-bond acceptors (Lipinski definition) is 2. The van der Waals surface area contributed by atoms with Gasteiger partial charge in [0.1, 0.15) is 0 Å². The number of fused-ring (bicyclic) bond motifs is 1. The molecular weight excluding hydrogens is 202 g/mol. The Morgan fingerprint density at radius 3 is 3.06 bits per heavy atom. The van der Waals surface area contributed by atoms with E-state index >= 15 is 0 Å². The predicted molar refractivity (Wildman–Crippen MR) is 63.0 cm³/mol. The molecule has 3 heteroatoms. The predicted octanol–water partition coefficient (Wildman–Crippen LogP) is 2.72. The van der Waals surface area contributed by atoms with E-state index in [2.05, 4.69) is 4.98 Å². The minimum Gasteiger partial charge on any atom is -0.481 e. The molecule has 1 heterocycles. The molecule has 1 aromatic heterocycles. The smallest absolute Gasteiger partial charge is 0.307 e. The Hall–Kier alpha value is -2.16. The van der Waals surface area contributed by atoms with Gasteiger partial charge in [-0.2, -0.15) is 0 Å². The van der Waals surface area contributed by atoms with Crippen LogP contribution >= 0.6 is 0 Å². The minimum atomic E-state index is -0.824. The molecule has 0 atom stereocenters. The van der Waals surface area contributed by atoms with E-state index in [9.17, 15) is 4.79 Å². The van der Waals surface area contributed by atoms with Crippen LogP contribution in [0.3, 0.4) is 0 Å². The molecule has 0 fully saturated rings. The summed E-state index contributed by atoms with van der Waals surface area (Å²) in [6.07, 6.45) is 5.21. The SMILES string of the molecule is O=C(O)CC=Cc1ccc2cccnc2c1. The first kappa shape index (κ1) is 10.4. The Kier molecular flexibility index (Phi) is 2.96. The summed E-state index contributed by atoms with van der Waals surface area (Å²) in [5, 5.41) is 9.58. The molecule has 0 saturated heterocycles. The number of pyridine rings is 1. The molecule has 2 aromatic rings. The van der Waals surface area contributed by atoms with Gasteiger partial charge in [0.05, 0.1) is 11.9 Å². The van der Waals surface area contributed by atoms with Crippen molar-refractivity contribution in [2.24, 2.45) is 0 Å². The van der Waals surface area contributed by atoms with Gasteiger partial charge in [-0.15, -0.1) is 0 Å². The average molecular weight is 213 g/mol. The van der Waals surface area contributed by atoms with Gasteiger partial charge in [-0.25, -0.2) is 0 Å². The number of carboxylic acids is 1. The highest BCUT2D eigenvalue weighted by Crippen LogP contribution is 2.14. The number of rotatable bonds is 3. The van der Waals surface area contributed by atoms with Crippen molar-refractivity contribution in [1.29, 1.82) is 0 Å². The summed E-state index contributed by atoms with van der Waals surface area (Å²) in [5.41, 5.74) is 1.88. The maximum Gasteiger partial charge on any atom is 0.307 e. The van der Waals surface area contributed by atoms with E-state index in [0.717, 1.165) is 16.5 Å². The van der Waals surface area contributed by atoms with Gasteiger partial charge in [0.15, 0.2) is 0 Å². The summed E-state index contributed by atoms with van der Waals surface area (Å²) >= 11 is 0. The molecule has 0 bridgehead atoms. The van der Waals surface area contributed by atoms with Crippen LogP contribution in [0, 0.1) is 0 Å². The maximum absolute atomic E-state index is 10.3. The summed E-state index contributed by atoms with van der Waals surface area (Å²) in [6.45, 7) is 0. The highest BCUT2D eigenvalue weighted by Gasteiger charge is 1.94. The molecule has 80 valence electrons. The first-order chi connectivity index (χ1) is 7.75. The lowest BCUT2D eigenvalue weighted by Gasteiger charge is -1.97. The highest BCUT2D eigenvalue weighted by atomic mass is 16.4. The van der Waals surface area contributed by atoms with Gasteiger partial charge in [0.2, 0.25) is 0 Å². The molecule has 0 aliphatic carbocycles. The number of aliphatic carboxylic acids is 1. The topological polar surface area (TPSA) is 50.2 Å². The second-order valence-corrected chi connectivity index (χ2v) is 3.46. The Balaban J connectivity index is 2.26. The summed E-state index contributed by atoms with van der Waals surface area (Å²) in [7, 11) is 0. The van der Waals surface area contributed by atoms with Crippen LogP contribution in [0.25, 0.3) is 17.0 Å². The van der Waals surface area contributed by atoms with Crippen molar-refractivity contribution in [3.05, 3.63) is 48.2 Å². The van der Waals surface area contributed by atoms with Crippen LogP contribution in [0.15, 0.2) is 42.6 Å². The molecule has 0 radical (unpaired) electrons. The molecule has 0 saturated carbocycles. The van der Waals surface area contributed by atoms with Gasteiger partial charge in [0.25, 0.3) is 0 Å². The molecule has 0 amide bonds. The first-order valence-corrected chi connectivity index (χ1v) is 4.99. The van der Waals surface area contributed by atoms with Crippen LogP contribution in [0.4, 0.5) is 0 Å². The molecule has 2 rings (SSSR count). The van der Waals surface area contributed by atoms with Gasteiger partial charge >= 0.3 is 5.97 Å². The second kappa shape index (κ2) is 4.57. The van der Waals surface area contributed by atoms with Gasteiger partial charge in [-0.3, -0.25) is 9.78 Å². The number of carbonyl (C=O) groups is 1. The monoisotopic (exact) mass is 213 g/mol. The third kappa shape index (κ3) is 2.45. The largest absolute Gasteiger partial charge is 0.481 e. The lowest BCUT2D eigenvalue weighted by atomic mass is 10.1. The molecule has 0 aliphatic heterocycles. The van der Waals surface area contributed by atoms with E-state index in [0.29, 0.717) is 0 Å². The fourth-order valence-corrected chi connectivity index (χ4v) is 1.48. The Morgan fingerprint density at radius 1 is 1.38 bits per heavy atom. The first-order valence-electron chi connectivity index (χ1n) is 4.99. The van der Waals surface area contributed by atoms with E-state index in [1.54, 1.807) is 18.3 Å². The van der Waals surface area contributed by atoms with Crippen molar-refractivity contribution in [3.8, 4) is 0 Å². The van der Waals surface area contributed by atoms with E-state index in [4.69, 9.17) is 5.11 Å². The quantitative estimate of drug-likeness (QED) is 0.852. The molecule has 0 spiro atoms. The summed E-state index contributed by atoms with van der Waals surface area (Å²) in [4.78, 5) is 14.6. The van der Waals surface area contributed by atoms with Crippen molar-refractivity contribution >= 4 is 22.9 Å². The van der Waals surface area contributed by atoms with Gasteiger partial charge in [-0.1, -0.05) is 30.4 Å². The standard InChI is InChI=1S/C13H11NO2/c15-13(16)5-1-3-10-6-7-11-4-2-8-14-12(11)9-10/h1-4,6-9H,5H2,(H,15,16). The summed E-state index contributed by atoms with van der Waals surface area (Å²) in [5.74, 6) is -0.824. The molecule has 3 nitrogen and oxygen atoms in total. The van der Waals surface area contributed by atoms with E-state index < -0.39 is 5.97 Å². The van der Waals surface area contributed by atoms with Crippen molar-refractivity contribution < 1.29 is 9.90 Å². The van der Waals surface area contributed by atoms with Crippen LogP contribution in [-0.4, -0.2) is 16.1 Å². The second-order valence-electron chi connectivity index (χ2n) is 3.46. The Bertz CT molecular complexity index is 546. The third-order valence-electron chi connectivity index (χ3n) is 2.23. The van der Waals surface area contributed by atoms with Gasteiger partial charge in [0, 0.05) is 11.6 Å². The normalized spacial score (nSPS) is 11.0. The molecule has 16 heavy (non-hydrogen) atoms. The van der Waals surface area contributed by atoms with Crippen LogP contribution in [0.1, 0.15) is 12.0 Å². The number of aromatic nitrogens is 1. The molecule has 0 aliphatic rings. The average Bonchev–Trinajstić information content (AvgIpc) is 2.28. The van der Waals surface area contributed by atoms with E-state index in [1.807, 2.05) is 30.3 Å². The maximum atomic E-state index is 10.3. The highest BCUT2D eigenvalue weighted by molar-refractivity contribution is 5.81. The molecular formula is C13H11NO2.